The van der Waals surface area contributed by atoms with Crippen LogP contribution in [0.25, 0.3) is 39.1 Å². The summed E-state index contributed by atoms with van der Waals surface area (Å²) in [4.78, 5) is 12.4. The zero-order valence-electron chi connectivity index (χ0n) is 22.8. The molecule has 0 spiro atoms. The van der Waals surface area contributed by atoms with Gasteiger partial charge in [0.1, 0.15) is 18.3 Å². The molecule has 0 amide bonds. The molecule has 10 nitrogen and oxygen atoms in total. The number of imidazole rings is 1. The van der Waals surface area contributed by atoms with Crippen LogP contribution in [-0.4, -0.2) is 78.2 Å². The summed E-state index contributed by atoms with van der Waals surface area (Å²) in [5.41, 5.74) is 6.68. The van der Waals surface area contributed by atoms with Gasteiger partial charge in [0.05, 0.1) is 53.6 Å². The van der Waals surface area contributed by atoms with Gasteiger partial charge in [-0.1, -0.05) is 36.4 Å². The molecular formula is C31H31N5O5. The second kappa shape index (κ2) is 10.1. The van der Waals surface area contributed by atoms with Crippen molar-refractivity contribution in [2.45, 2.75) is 50.3 Å². The SMILES string of the molecule is CC(C)(O)Cc1cnn(-c2ccc(-c3ccc(-c4cc5nc(OC6CO[C@@H]7C(O)CO[C@H]67)[nH]c5cn4)cc3)cc2)c1. The molecule has 4 atom stereocenters. The Morgan fingerprint density at radius 2 is 1.68 bits per heavy atom. The molecule has 0 saturated carbocycles. The molecule has 5 aromatic rings. The van der Waals surface area contributed by atoms with E-state index in [1.807, 2.05) is 29.1 Å². The number of H-pyrrole nitrogens is 1. The van der Waals surface area contributed by atoms with Crippen molar-refractivity contribution in [3.8, 4) is 34.1 Å². The van der Waals surface area contributed by atoms with Gasteiger partial charge in [-0.3, -0.25) is 4.98 Å². The number of pyridine rings is 1. The van der Waals surface area contributed by atoms with E-state index in [0.29, 0.717) is 19.0 Å². The summed E-state index contributed by atoms with van der Waals surface area (Å²) in [5, 5.41) is 24.5. The van der Waals surface area contributed by atoms with Gasteiger partial charge in [-0.15, -0.1) is 0 Å². The molecule has 7 rings (SSSR count). The number of hydrogen-bond donors (Lipinski definition) is 3. The lowest BCUT2D eigenvalue weighted by Gasteiger charge is -2.15. The molecular weight excluding hydrogens is 522 g/mol. The highest BCUT2D eigenvalue weighted by Gasteiger charge is 2.48. The fourth-order valence-electron chi connectivity index (χ4n) is 5.52. The van der Waals surface area contributed by atoms with Crippen LogP contribution in [-0.2, 0) is 15.9 Å². The summed E-state index contributed by atoms with van der Waals surface area (Å²) in [5.74, 6) is 0. The molecule has 2 saturated heterocycles. The number of hydrogen-bond acceptors (Lipinski definition) is 8. The molecule has 2 aromatic carbocycles. The van der Waals surface area contributed by atoms with E-state index in [-0.39, 0.29) is 24.9 Å². The Hall–Kier alpha value is -4.09. The molecule has 2 aliphatic rings. The Morgan fingerprint density at radius 1 is 0.976 bits per heavy atom. The first kappa shape index (κ1) is 25.8. The monoisotopic (exact) mass is 553 g/mol. The smallest absolute Gasteiger partial charge is 0.295 e. The minimum atomic E-state index is -0.771. The minimum Gasteiger partial charge on any atom is -0.456 e. The summed E-state index contributed by atoms with van der Waals surface area (Å²) >= 11 is 0. The van der Waals surface area contributed by atoms with Crippen molar-refractivity contribution in [1.82, 2.24) is 24.7 Å². The van der Waals surface area contributed by atoms with E-state index in [4.69, 9.17) is 14.2 Å². The number of ether oxygens (including phenoxy) is 3. The van der Waals surface area contributed by atoms with E-state index in [2.05, 4.69) is 56.4 Å². The van der Waals surface area contributed by atoms with Crippen LogP contribution in [0.1, 0.15) is 19.4 Å². The van der Waals surface area contributed by atoms with Crippen molar-refractivity contribution >= 4 is 11.0 Å². The Labute approximate surface area is 236 Å². The summed E-state index contributed by atoms with van der Waals surface area (Å²) in [6, 6.07) is 18.8. The number of fused-ring (bicyclic) bond motifs is 2. The third-order valence-corrected chi connectivity index (χ3v) is 7.51. The first-order chi connectivity index (χ1) is 19.8. The highest BCUT2D eigenvalue weighted by molar-refractivity contribution is 5.80. The van der Waals surface area contributed by atoms with Gasteiger partial charge in [-0.25, -0.2) is 4.68 Å². The second-order valence-corrected chi connectivity index (χ2v) is 11.4. The third-order valence-electron chi connectivity index (χ3n) is 7.51. The Balaban J connectivity index is 1.04. The van der Waals surface area contributed by atoms with Crippen molar-refractivity contribution in [2.75, 3.05) is 13.2 Å². The molecule has 0 bridgehead atoms. The van der Waals surface area contributed by atoms with Crippen LogP contribution in [0.3, 0.4) is 0 Å². The maximum absolute atomic E-state index is 10.1. The number of aromatic nitrogens is 5. The molecule has 5 heterocycles. The molecule has 0 radical (unpaired) electrons. The van der Waals surface area contributed by atoms with Gasteiger partial charge in [0.2, 0.25) is 0 Å². The Kier molecular flexibility index (Phi) is 6.35. The number of aliphatic hydroxyl groups is 2. The van der Waals surface area contributed by atoms with Crippen LogP contribution in [0.15, 0.2) is 73.2 Å². The van der Waals surface area contributed by atoms with Crippen molar-refractivity contribution in [1.29, 1.82) is 0 Å². The van der Waals surface area contributed by atoms with Gasteiger partial charge in [0, 0.05) is 18.2 Å². The zero-order chi connectivity index (χ0) is 28.1. The van der Waals surface area contributed by atoms with E-state index in [9.17, 15) is 10.2 Å². The fraction of sp³-hybridized carbons (Fsp3) is 0.323. The number of nitrogens with zero attached hydrogens (tertiary/aromatic N) is 4. The standard InChI is InChI=1S/C31H31N5O5/c1-31(2,38)12-18-13-33-36(15-18)22-9-7-20(8-10-22)19-3-5-21(6-4-19)23-11-24-25(14-32-23)35-30(34-24)41-27-17-40-28-26(37)16-39-29(27)28/h3-11,13-15,26-29,37-38H,12,16-17H2,1-2H3,(H,34,35)/t26?,27?,28-,29-/m1/s1. The number of nitrogens with one attached hydrogen (secondary N) is 1. The lowest BCUT2D eigenvalue weighted by atomic mass is 10.0. The third kappa shape index (κ3) is 5.22. The molecule has 210 valence electrons. The van der Waals surface area contributed by atoms with Crippen molar-refractivity contribution < 1.29 is 24.4 Å². The highest BCUT2D eigenvalue weighted by Crippen LogP contribution is 2.31. The van der Waals surface area contributed by atoms with Crippen LogP contribution in [0.2, 0.25) is 0 Å². The molecule has 2 aliphatic heterocycles. The molecule has 10 heteroatoms. The van der Waals surface area contributed by atoms with Crippen molar-refractivity contribution in [3.63, 3.8) is 0 Å². The van der Waals surface area contributed by atoms with Gasteiger partial charge >= 0.3 is 0 Å². The van der Waals surface area contributed by atoms with E-state index < -0.39 is 11.7 Å². The molecule has 2 fully saturated rings. The Morgan fingerprint density at radius 3 is 2.44 bits per heavy atom. The lowest BCUT2D eigenvalue weighted by molar-refractivity contribution is 0.00706. The molecule has 3 N–H and O–H groups in total. The van der Waals surface area contributed by atoms with Gasteiger partial charge < -0.3 is 29.4 Å². The van der Waals surface area contributed by atoms with E-state index >= 15 is 0 Å². The quantitative estimate of drug-likeness (QED) is 0.279. The van der Waals surface area contributed by atoms with Crippen LogP contribution in [0, 0.1) is 0 Å². The summed E-state index contributed by atoms with van der Waals surface area (Å²) in [6.07, 6.45) is 4.44. The van der Waals surface area contributed by atoms with Crippen LogP contribution >= 0.6 is 0 Å². The van der Waals surface area contributed by atoms with Crippen LogP contribution < -0.4 is 4.74 Å². The predicted octanol–water partition coefficient (Wildman–Crippen LogP) is 3.70. The van der Waals surface area contributed by atoms with Gasteiger partial charge in [-0.05, 0) is 48.7 Å². The normalized spacial score (nSPS) is 22.3. The minimum absolute atomic E-state index is 0.254. The summed E-state index contributed by atoms with van der Waals surface area (Å²) < 4.78 is 19.1. The average Bonchev–Trinajstić information content (AvgIpc) is 3.74. The number of rotatable bonds is 7. The van der Waals surface area contributed by atoms with Crippen LogP contribution in [0.4, 0.5) is 0 Å². The zero-order valence-corrected chi connectivity index (χ0v) is 22.8. The average molecular weight is 554 g/mol. The van der Waals surface area contributed by atoms with Crippen LogP contribution in [0.5, 0.6) is 6.01 Å². The van der Waals surface area contributed by atoms with Crippen molar-refractivity contribution in [3.05, 3.63) is 78.8 Å². The predicted molar refractivity (Wildman–Crippen MR) is 152 cm³/mol. The first-order valence-electron chi connectivity index (χ1n) is 13.7. The molecule has 3 aromatic heterocycles. The maximum atomic E-state index is 10.1. The van der Waals surface area contributed by atoms with E-state index in [1.165, 1.54) is 0 Å². The molecule has 2 unspecified atom stereocenters. The van der Waals surface area contributed by atoms with Gasteiger partial charge in [0.25, 0.3) is 6.01 Å². The molecule has 41 heavy (non-hydrogen) atoms. The van der Waals surface area contributed by atoms with E-state index in [1.54, 1.807) is 26.2 Å². The van der Waals surface area contributed by atoms with E-state index in [0.717, 1.165) is 44.7 Å². The topological polar surface area (TPSA) is 128 Å². The first-order valence-corrected chi connectivity index (χ1v) is 13.7. The van der Waals surface area contributed by atoms with Gasteiger partial charge in [0.15, 0.2) is 6.10 Å². The maximum Gasteiger partial charge on any atom is 0.295 e. The number of aromatic amines is 1. The second-order valence-electron chi connectivity index (χ2n) is 11.4. The number of benzene rings is 2. The largest absolute Gasteiger partial charge is 0.456 e. The Bertz CT molecular complexity index is 1670. The van der Waals surface area contributed by atoms with Crippen molar-refractivity contribution in [2.24, 2.45) is 0 Å². The lowest BCUT2D eigenvalue weighted by Crippen LogP contribution is -2.34. The van der Waals surface area contributed by atoms with Gasteiger partial charge in [-0.2, -0.15) is 10.1 Å². The summed E-state index contributed by atoms with van der Waals surface area (Å²) in [7, 11) is 0. The number of aliphatic hydroxyl groups excluding tert-OH is 1. The summed E-state index contributed by atoms with van der Waals surface area (Å²) in [6.45, 7) is 4.18. The molecule has 0 aliphatic carbocycles. The fourth-order valence-corrected chi connectivity index (χ4v) is 5.52. The highest BCUT2D eigenvalue weighted by atomic mass is 16.6.